The van der Waals surface area contributed by atoms with Crippen LogP contribution in [0.25, 0.3) is 0 Å². The number of nitrogens with one attached hydrogen (secondary N) is 3. The zero-order chi connectivity index (χ0) is 12.2. The maximum absolute atomic E-state index is 11.3. The first kappa shape index (κ1) is 14.9. The molecule has 0 saturated heterocycles. The Hall–Kier alpha value is -1.10. The average Bonchev–Trinajstić information content (AvgIpc) is 2.25. The van der Waals surface area contributed by atoms with Gasteiger partial charge < -0.3 is 16.0 Å². The van der Waals surface area contributed by atoms with Crippen molar-refractivity contribution in [1.29, 1.82) is 0 Å². The van der Waals surface area contributed by atoms with Crippen LogP contribution in [0.4, 0.5) is 0 Å². The van der Waals surface area contributed by atoms with Crippen molar-refractivity contribution in [2.45, 2.75) is 32.6 Å². The molecule has 0 saturated carbocycles. The van der Waals surface area contributed by atoms with Gasteiger partial charge in [0.15, 0.2) is 0 Å². The molecule has 94 valence electrons. The van der Waals surface area contributed by atoms with Crippen LogP contribution in [0.1, 0.15) is 32.6 Å². The molecule has 0 spiro atoms. The van der Waals surface area contributed by atoms with Crippen molar-refractivity contribution < 1.29 is 9.59 Å². The zero-order valence-electron chi connectivity index (χ0n) is 10.3. The highest BCUT2D eigenvalue weighted by molar-refractivity contribution is 5.78. The van der Waals surface area contributed by atoms with Crippen molar-refractivity contribution in [2.75, 3.05) is 26.7 Å². The topological polar surface area (TPSA) is 70.2 Å². The van der Waals surface area contributed by atoms with Gasteiger partial charge in [-0.3, -0.25) is 9.59 Å². The quantitative estimate of drug-likeness (QED) is 0.488. The maximum atomic E-state index is 11.3. The molecule has 0 fully saturated rings. The molecule has 0 aromatic heterocycles. The summed E-state index contributed by atoms with van der Waals surface area (Å²) in [4.78, 5) is 22.4. The first-order valence-corrected chi connectivity index (χ1v) is 5.88. The molecule has 0 atom stereocenters. The fourth-order valence-electron chi connectivity index (χ4n) is 1.28. The van der Waals surface area contributed by atoms with Crippen LogP contribution >= 0.6 is 0 Å². The summed E-state index contributed by atoms with van der Waals surface area (Å²) in [6.45, 7) is 4.13. The summed E-state index contributed by atoms with van der Waals surface area (Å²) in [5.74, 6) is 0.0471. The first-order valence-electron chi connectivity index (χ1n) is 5.88. The smallest absolute Gasteiger partial charge is 0.220 e. The van der Waals surface area contributed by atoms with Gasteiger partial charge in [0.25, 0.3) is 0 Å². The van der Waals surface area contributed by atoms with Gasteiger partial charge in [0.05, 0.1) is 0 Å². The van der Waals surface area contributed by atoms with Gasteiger partial charge in [0, 0.05) is 25.9 Å². The summed E-state index contributed by atoms with van der Waals surface area (Å²) in [6, 6.07) is 0. The third-order valence-corrected chi connectivity index (χ3v) is 2.11. The van der Waals surface area contributed by atoms with Gasteiger partial charge in [-0.25, -0.2) is 0 Å². The van der Waals surface area contributed by atoms with E-state index in [0.29, 0.717) is 32.4 Å². The predicted octanol–water partition coefficient (Wildman–Crippen LogP) is 0.0185. The van der Waals surface area contributed by atoms with E-state index < -0.39 is 0 Å². The van der Waals surface area contributed by atoms with Crippen LogP contribution < -0.4 is 16.0 Å². The second kappa shape index (κ2) is 10.4. The van der Waals surface area contributed by atoms with E-state index in [2.05, 4.69) is 16.0 Å². The monoisotopic (exact) mass is 229 g/mol. The number of hydrogen-bond donors (Lipinski definition) is 3. The Balaban J connectivity index is 3.33. The molecule has 0 bridgehead atoms. The fraction of sp³-hybridized carbons (Fsp3) is 0.818. The van der Waals surface area contributed by atoms with E-state index in [1.165, 1.54) is 0 Å². The molecule has 0 radical (unpaired) electrons. The lowest BCUT2D eigenvalue weighted by atomic mass is 10.2. The van der Waals surface area contributed by atoms with Crippen LogP contribution in [0.2, 0.25) is 0 Å². The average molecular weight is 229 g/mol. The van der Waals surface area contributed by atoms with Crippen molar-refractivity contribution in [1.82, 2.24) is 16.0 Å². The van der Waals surface area contributed by atoms with Gasteiger partial charge in [0.2, 0.25) is 11.8 Å². The molecule has 5 nitrogen and oxygen atoms in total. The molecule has 0 aromatic rings. The standard InChI is InChI=1S/C11H23N3O2/c1-3-13-10(15)6-4-7-11(16)14-9-5-8-12-2/h12H,3-9H2,1-2H3,(H,13,15)(H,14,16). The Bertz CT molecular complexity index is 207. The van der Waals surface area contributed by atoms with Crippen LogP contribution in [-0.2, 0) is 9.59 Å². The summed E-state index contributed by atoms with van der Waals surface area (Å²) in [5, 5.41) is 8.52. The second-order valence-electron chi connectivity index (χ2n) is 3.61. The van der Waals surface area contributed by atoms with Crippen LogP contribution in [-0.4, -0.2) is 38.5 Å². The molecular formula is C11H23N3O2. The summed E-state index contributed by atoms with van der Waals surface area (Å²) in [7, 11) is 1.88. The van der Waals surface area contributed by atoms with Gasteiger partial charge in [0.1, 0.15) is 0 Å². The lowest BCUT2D eigenvalue weighted by molar-refractivity contribution is -0.122. The Kier molecular flexibility index (Phi) is 9.70. The number of carbonyl (C=O) groups excluding carboxylic acids is 2. The fourth-order valence-corrected chi connectivity index (χ4v) is 1.28. The van der Waals surface area contributed by atoms with Gasteiger partial charge in [-0.15, -0.1) is 0 Å². The van der Waals surface area contributed by atoms with E-state index >= 15 is 0 Å². The van der Waals surface area contributed by atoms with E-state index in [4.69, 9.17) is 0 Å². The summed E-state index contributed by atoms with van der Waals surface area (Å²) < 4.78 is 0. The molecule has 0 aromatic carbocycles. The molecular weight excluding hydrogens is 206 g/mol. The van der Waals surface area contributed by atoms with Crippen LogP contribution in [0.3, 0.4) is 0 Å². The van der Waals surface area contributed by atoms with E-state index in [1.807, 2.05) is 14.0 Å². The number of hydrogen-bond acceptors (Lipinski definition) is 3. The number of rotatable bonds is 9. The molecule has 0 aliphatic carbocycles. The maximum Gasteiger partial charge on any atom is 0.220 e. The minimum atomic E-state index is 0.0190. The highest BCUT2D eigenvalue weighted by atomic mass is 16.2. The highest BCUT2D eigenvalue weighted by Crippen LogP contribution is 1.95. The molecule has 3 N–H and O–H groups in total. The van der Waals surface area contributed by atoms with Crippen LogP contribution in [0.5, 0.6) is 0 Å². The Morgan fingerprint density at radius 1 is 0.938 bits per heavy atom. The van der Waals surface area contributed by atoms with E-state index in [1.54, 1.807) is 0 Å². The van der Waals surface area contributed by atoms with Gasteiger partial charge in [-0.2, -0.15) is 0 Å². The van der Waals surface area contributed by atoms with Gasteiger partial charge in [-0.05, 0) is 33.4 Å². The van der Waals surface area contributed by atoms with Crippen LogP contribution in [0.15, 0.2) is 0 Å². The Morgan fingerprint density at radius 3 is 2.12 bits per heavy atom. The van der Waals surface area contributed by atoms with Crippen molar-refractivity contribution in [3.05, 3.63) is 0 Å². The summed E-state index contributed by atoms with van der Waals surface area (Å²) >= 11 is 0. The van der Waals surface area contributed by atoms with Crippen molar-refractivity contribution in [3.8, 4) is 0 Å². The summed E-state index contributed by atoms with van der Waals surface area (Å²) in [5.41, 5.74) is 0. The minimum Gasteiger partial charge on any atom is -0.356 e. The highest BCUT2D eigenvalue weighted by Gasteiger charge is 2.03. The lowest BCUT2D eigenvalue weighted by Gasteiger charge is -2.05. The Labute approximate surface area is 97.4 Å². The van der Waals surface area contributed by atoms with Crippen LogP contribution in [0, 0.1) is 0 Å². The molecule has 0 aliphatic rings. The van der Waals surface area contributed by atoms with Crippen molar-refractivity contribution in [2.24, 2.45) is 0 Å². The molecule has 0 aliphatic heterocycles. The van der Waals surface area contributed by atoms with Crippen molar-refractivity contribution in [3.63, 3.8) is 0 Å². The van der Waals surface area contributed by atoms with E-state index in [-0.39, 0.29) is 11.8 Å². The summed E-state index contributed by atoms with van der Waals surface area (Å²) in [6.07, 6.45) is 2.40. The molecule has 0 rings (SSSR count). The van der Waals surface area contributed by atoms with E-state index in [0.717, 1.165) is 13.0 Å². The van der Waals surface area contributed by atoms with Gasteiger partial charge in [-0.1, -0.05) is 0 Å². The first-order chi connectivity index (χ1) is 7.70. The Morgan fingerprint density at radius 2 is 1.56 bits per heavy atom. The van der Waals surface area contributed by atoms with E-state index in [9.17, 15) is 9.59 Å². The normalized spacial score (nSPS) is 9.88. The predicted molar refractivity (Wildman–Crippen MR) is 64.1 cm³/mol. The SMILES string of the molecule is CCNC(=O)CCCC(=O)NCCCNC. The largest absolute Gasteiger partial charge is 0.356 e. The minimum absolute atomic E-state index is 0.0190. The number of carbonyl (C=O) groups is 2. The third-order valence-electron chi connectivity index (χ3n) is 2.11. The second-order valence-corrected chi connectivity index (χ2v) is 3.61. The zero-order valence-corrected chi connectivity index (χ0v) is 10.3. The lowest BCUT2D eigenvalue weighted by Crippen LogP contribution is -2.27. The number of amides is 2. The molecule has 16 heavy (non-hydrogen) atoms. The molecule has 0 heterocycles. The molecule has 2 amide bonds. The van der Waals surface area contributed by atoms with Crippen molar-refractivity contribution >= 4 is 11.8 Å². The molecule has 5 heteroatoms. The molecule has 0 unspecified atom stereocenters. The van der Waals surface area contributed by atoms with Gasteiger partial charge >= 0.3 is 0 Å². The third kappa shape index (κ3) is 9.45.